The SMILES string of the molecule is C[SiH](C1(C(F)(F)F)CCCCC1)C1(C(F)(F)F)CCCCC1. The van der Waals surface area contributed by atoms with Gasteiger partial charge in [0.1, 0.15) is 0 Å². The molecule has 0 bridgehead atoms. The summed E-state index contributed by atoms with van der Waals surface area (Å²) in [6.07, 6.45) is -6.35. The second-order valence-electron chi connectivity index (χ2n) is 7.15. The van der Waals surface area contributed by atoms with E-state index in [1.54, 1.807) is 0 Å². The van der Waals surface area contributed by atoms with Crippen LogP contribution in [0.25, 0.3) is 0 Å². The molecule has 0 aromatic carbocycles. The minimum atomic E-state index is -4.51. The lowest BCUT2D eigenvalue weighted by Crippen LogP contribution is -2.55. The summed E-state index contributed by atoms with van der Waals surface area (Å²) >= 11 is 0. The zero-order valence-corrected chi connectivity index (χ0v) is 14.1. The minimum Gasteiger partial charge on any atom is -0.171 e. The van der Waals surface area contributed by atoms with Gasteiger partial charge >= 0.3 is 12.4 Å². The first-order chi connectivity index (χ1) is 10.1. The summed E-state index contributed by atoms with van der Waals surface area (Å²) in [5.41, 5.74) is 0. The Bertz CT molecular complexity index is 338. The molecule has 2 aliphatic rings. The van der Waals surface area contributed by atoms with Crippen LogP contribution in [0.4, 0.5) is 26.3 Å². The van der Waals surface area contributed by atoms with Gasteiger partial charge in [0.25, 0.3) is 0 Å². The van der Waals surface area contributed by atoms with Gasteiger partial charge in [-0.15, -0.1) is 0 Å². The Morgan fingerprint density at radius 1 is 0.591 bits per heavy atom. The van der Waals surface area contributed by atoms with E-state index >= 15 is 0 Å². The van der Waals surface area contributed by atoms with E-state index in [2.05, 4.69) is 0 Å². The van der Waals surface area contributed by atoms with E-state index in [-0.39, 0.29) is 25.7 Å². The highest BCUT2D eigenvalue weighted by atomic mass is 28.3. The first-order valence-corrected chi connectivity index (χ1v) is 10.5. The van der Waals surface area contributed by atoms with E-state index in [1.165, 1.54) is 6.55 Å². The average molecular weight is 346 g/mol. The van der Waals surface area contributed by atoms with Crippen LogP contribution in [0, 0.1) is 0 Å². The van der Waals surface area contributed by atoms with Crippen molar-refractivity contribution in [2.45, 2.75) is 93.2 Å². The van der Waals surface area contributed by atoms with Crippen molar-refractivity contribution in [2.75, 3.05) is 0 Å². The van der Waals surface area contributed by atoms with Gasteiger partial charge in [-0.3, -0.25) is 0 Å². The summed E-state index contributed by atoms with van der Waals surface area (Å²) < 4.78 is 83.0. The van der Waals surface area contributed by atoms with Crippen molar-refractivity contribution in [3.8, 4) is 0 Å². The van der Waals surface area contributed by atoms with Crippen molar-refractivity contribution >= 4 is 8.80 Å². The molecule has 0 N–H and O–H groups in total. The Balaban J connectivity index is 2.45. The van der Waals surface area contributed by atoms with Gasteiger partial charge in [-0.05, 0) is 25.7 Å². The lowest BCUT2D eigenvalue weighted by atomic mass is 9.86. The molecular formula is C15H24F6Si. The predicted octanol–water partition coefficient (Wildman–Crippen LogP) is 6.38. The lowest BCUT2D eigenvalue weighted by Gasteiger charge is -2.52. The van der Waals surface area contributed by atoms with Gasteiger partial charge in [0.05, 0.1) is 18.9 Å². The van der Waals surface area contributed by atoms with Crippen LogP contribution in [0.15, 0.2) is 0 Å². The first-order valence-electron chi connectivity index (χ1n) is 8.20. The largest absolute Gasteiger partial charge is 0.391 e. The van der Waals surface area contributed by atoms with Crippen LogP contribution >= 0.6 is 0 Å². The Labute approximate surface area is 129 Å². The van der Waals surface area contributed by atoms with E-state index in [0.29, 0.717) is 38.5 Å². The molecule has 2 rings (SSSR count). The monoisotopic (exact) mass is 346 g/mol. The highest BCUT2D eigenvalue weighted by Crippen LogP contribution is 2.68. The molecule has 0 aromatic rings. The van der Waals surface area contributed by atoms with Crippen molar-refractivity contribution in [3.63, 3.8) is 0 Å². The van der Waals surface area contributed by atoms with Gasteiger partial charge in [0.15, 0.2) is 0 Å². The molecule has 2 aliphatic carbocycles. The summed E-state index contributed by atoms with van der Waals surface area (Å²) in [7, 11) is -3.14. The maximum atomic E-state index is 13.8. The van der Waals surface area contributed by atoms with Gasteiger partial charge in [0, 0.05) is 0 Å². The van der Waals surface area contributed by atoms with E-state index < -0.39 is 31.2 Å². The molecule has 0 aliphatic heterocycles. The van der Waals surface area contributed by atoms with Crippen molar-refractivity contribution in [2.24, 2.45) is 0 Å². The molecule has 0 atom stereocenters. The fourth-order valence-corrected chi connectivity index (χ4v) is 9.41. The zero-order valence-electron chi connectivity index (χ0n) is 12.9. The molecule has 2 saturated carbocycles. The molecule has 0 heterocycles. The first kappa shape index (κ1) is 18.1. The summed E-state index contributed by atoms with van der Waals surface area (Å²) in [6, 6.07) is 0. The van der Waals surface area contributed by atoms with Crippen LogP contribution < -0.4 is 0 Å². The topological polar surface area (TPSA) is 0 Å². The second-order valence-corrected chi connectivity index (χ2v) is 10.8. The Morgan fingerprint density at radius 3 is 1.09 bits per heavy atom. The van der Waals surface area contributed by atoms with Crippen LogP contribution in [-0.2, 0) is 0 Å². The van der Waals surface area contributed by atoms with Crippen LogP contribution in [0.2, 0.25) is 16.6 Å². The lowest BCUT2D eigenvalue weighted by molar-refractivity contribution is -0.191. The van der Waals surface area contributed by atoms with Gasteiger partial charge in [-0.1, -0.05) is 45.1 Å². The second kappa shape index (κ2) is 6.02. The number of rotatable bonds is 2. The van der Waals surface area contributed by atoms with E-state index in [0.717, 1.165) is 0 Å². The Hall–Kier alpha value is -0.203. The van der Waals surface area contributed by atoms with E-state index in [1.807, 2.05) is 0 Å². The Morgan fingerprint density at radius 2 is 0.864 bits per heavy atom. The standard InChI is InChI=1S/C15H24F6Si/c1-22(12(14(16,17)18)8-4-2-5-9-12)13(15(19,20)21)10-6-3-7-11-13/h22H,2-11H2,1H3. The fraction of sp³-hybridized carbons (Fsp3) is 1.00. The molecule has 22 heavy (non-hydrogen) atoms. The third-order valence-electron chi connectivity index (χ3n) is 6.28. The quantitative estimate of drug-likeness (QED) is 0.402. The maximum Gasteiger partial charge on any atom is 0.391 e. The molecule has 0 saturated heterocycles. The molecule has 0 amide bonds. The molecule has 130 valence electrons. The number of hydrogen-bond acceptors (Lipinski definition) is 0. The van der Waals surface area contributed by atoms with Crippen LogP contribution in [0.1, 0.15) is 64.2 Å². The predicted molar refractivity (Wildman–Crippen MR) is 76.7 cm³/mol. The third kappa shape index (κ3) is 2.82. The van der Waals surface area contributed by atoms with Crippen LogP contribution in [0.3, 0.4) is 0 Å². The molecular weight excluding hydrogens is 322 g/mol. The van der Waals surface area contributed by atoms with Crippen molar-refractivity contribution in [1.29, 1.82) is 0 Å². The van der Waals surface area contributed by atoms with Crippen LogP contribution in [-0.4, -0.2) is 21.1 Å². The Kier molecular flexibility index (Phi) is 4.96. The molecule has 2 fully saturated rings. The summed E-state index contributed by atoms with van der Waals surface area (Å²) in [5.74, 6) is 0. The molecule has 0 unspecified atom stereocenters. The van der Waals surface area contributed by atoms with Gasteiger partial charge in [-0.25, -0.2) is 0 Å². The third-order valence-corrected chi connectivity index (χ3v) is 11.4. The van der Waals surface area contributed by atoms with E-state index in [9.17, 15) is 26.3 Å². The van der Waals surface area contributed by atoms with Gasteiger partial charge < -0.3 is 0 Å². The van der Waals surface area contributed by atoms with Gasteiger partial charge in [-0.2, -0.15) is 26.3 Å². The average Bonchev–Trinajstić information content (AvgIpc) is 2.45. The molecule has 0 nitrogen and oxygen atoms in total. The highest BCUT2D eigenvalue weighted by molar-refractivity contribution is 6.65. The van der Waals surface area contributed by atoms with Crippen LogP contribution in [0.5, 0.6) is 0 Å². The van der Waals surface area contributed by atoms with Crippen molar-refractivity contribution < 1.29 is 26.3 Å². The molecule has 0 radical (unpaired) electrons. The fourth-order valence-electron chi connectivity index (χ4n) is 4.82. The number of hydrogen-bond donors (Lipinski definition) is 0. The molecule has 0 aromatic heterocycles. The minimum absolute atomic E-state index is 0.0955. The van der Waals surface area contributed by atoms with E-state index in [4.69, 9.17) is 0 Å². The van der Waals surface area contributed by atoms with Gasteiger partial charge in [0.2, 0.25) is 0 Å². The summed E-state index contributed by atoms with van der Waals surface area (Å²) in [4.78, 5) is 0. The summed E-state index contributed by atoms with van der Waals surface area (Å²) in [6.45, 7) is 1.36. The maximum absolute atomic E-state index is 13.8. The molecule has 7 heteroatoms. The van der Waals surface area contributed by atoms with Crippen molar-refractivity contribution in [3.05, 3.63) is 0 Å². The highest BCUT2D eigenvalue weighted by Gasteiger charge is 2.68. The molecule has 0 spiro atoms. The number of halogens is 6. The number of alkyl halides is 6. The normalized spacial score (nSPS) is 26.2. The van der Waals surface area contributed by atoms with Crippen molar-refractivity contribution in [1.82, 2.24) is 0 Å². The summed E-state index contributed by atoms with van der Waals surface area (Å²) in [5, 5.41) is -4.06. The smallest absolute Gasteiger partial charge is 0.171 e. The zero-order chi connectivity index (χ0) is 16.6.